The number of hydrogen-bond donors (Lipinski definition) is 2. The van der Waals surface area contributed by atoms with Crippen LogP contribution in [0.3, 0.4) is 0 Å². The molecule has 1 fully saturated rings. The molecule has 1 unspecified atom stereocenters. The predicted octanol–water partition coefficient (Wildman–Crippen LogP) is 2.07. The number of urea groups is 1. The first-order valence-electron chi connectivity index (χ1n) is 6.51. The average Bonchev–Trinajstić information content (AvgIpc) is 2.61. The highest BCUT2D eigenvalue weighted by atomic mass is 16.4. The van der Waals surface area contributed by atoms with Crippen molar-refractivity contribution in [1.29, 1.82) is 0 Å². The minimum atomic E-state index is -0.828. The Morgan fingerprint density at radius 3 is 2.50 bits per heavy atom. The van der Waals surface area contributed by atoms with Gasteiger partial charge in [-0.25, -0.2) is 4.79 Å². The van der Waals surface area contributed by atoms with Gasteiger partial charge in [0.15, 0.2) is 0 Å². The lowest BCUT2D eigenvalue weighted by Crippen LogP contribution is -2.50. The average molecular weight is 256 g/mol. The Kier molecular flexibility index (Phi) is 4.24. The Labute approximate surface area is 109 Å². The van der Waals surface area contributed by atoms with Gasteiger partial charge in [0.2, 0.25) is 0 Å². The van der Waals surface area contributed by atoms with Crippen molar-refractivity contribution >= 4 is 12.0 Å². The number of likely N-dealkylation sites (tertiary alicyclic amines) is 1. The first-order chi connectivity index (χ1) is 8.20. The molecule has 18 heavy (non-hydrogen) atoms. The van der Waals surface area contributed by atoms with Crippen LogP contribution in [0.15, 0.2) is 0 Å². The summed E-state index contributed by atoms with van der Waals surface area (Å²) < 4.78 is 0. The standard InChI is InChI=1S/C13H24N2O3/c1-5-6-12(2,3)14-11(18)15-8-7-13(4,9-15)10(16)17/h5-9H2,1-4H3,(H,14,18)(H,16,17). The molecule has 1 heterocycles. The van der Waals surface area contributed by atoms with Crippen molar-refractivity contribution < 1.29 is 14.7 Å². The normalized spacial score (nSPS) is 24.1. The van der Waals surface area contributed by atoms with E-state index in [1.807, 2.05) is 13.8 Å². The minimum Gasteiger partial charge on any atom is -0.481 e. The third kappa shape index (κ3) is 3.37. The molecule has 2 amide bonds. The zero-order valence-electron chi connectivity index (χ0n) is 11.7. The van der Waals surface area contributed by atoms with Gasteiger partial charge in [-0.1, -0.05) is 13.3 Å². The summed E-state index contributed by atoms with van der Waals surface area (Å²) in [6.45, 7) is 8.54. The molecule has 0 saturated carbocycles. The number of hydrogen-bond acceptors (Lipinski definition) is 2. The number of amides is 2. The van der Waals surface area contributed by atoms with Crippen molar-refractivity contribution in [3.8, 4) is 0 Å². The van der Waals surface area contributed by atoms with E-state index in [0.29, 0.717) is 13.0 Å². The van der Waals surface area contributed by atoms with Crippen molar-refractivity contribution in [3.63, 3.8) is 0 Å². The topological polar surface area (TPSA) is 69.6 Å². The van der Waals surface area contributed by atoms with Crippen LogP contribution in [0.2, 0.25) is 0 Å². The second-order valence-corrected chi connectivity index (χ2v) is 6.10. The van der Waals surface area contributed by atoms with Crippen LogP contribution in [0.25, 0.3) is 0 Å². The van der Waals surface area contributed by atoms with Gasteiger partial charge >= 0.3 is 12.0 Å². The Bertz CT molecular complexity index is 341. The van der Waals surface area contributed by atoms with Crippen LogP contribution in [0.1, 0.15) is 47.0 Å². The van der Waals surface area contributed by atoms with Crippen LogP contribution < -0.4 is 5.32 Å². The van der Waals surface area contributed by atoms with Crippen LogP contribution in [-0.2, 0) is 4.79 Å². The lowest BCUT2D eigenvalue weighted by atomic mass is 9.90. The molecular weight excluding hydrogens is 232 g/mol. The van der Waals surface area contributed by atoms with E-state index in [1.165, 1.54) is 0 Å². The molecule has 2 N–H and O–H groups in total. The fourth-order valence-corrected chi connectivity index (χ4v) is 2.37. The Balaban J connectivity index is 2.58. The molecule has 0 aromatic rings. The maximum absolute atomic E-state index is 12.1. The van der Waals surface area contributed by atoms with Crippen molar-refractivity contribution in [2.45, 2.75) is 52.5 Å². The van der Waals surface area contributed by atoms with Crippen molar-refractivity contribution in [1.82, 2.24) is 10.2 Å². The van der Waals surface area contributed by atoms with Crippen LogP contribution in [0.4, 0.5) is 4.79 Å². The first-order valence-corrected chi connectivity index (χ1v) is 6.51. The fourth-order valence-electron chi connectivity index (χ4n) is 2.37. The number of aliphatic carboxylic acids is 1. The highest BCUT2D eigenvalue weighted by Crippen LogP contribution is 2.30. The molecule has 0 bridgehead atoms. The zero-order chi connectivity index (χ0) is 14.0. The van der Waals surface area contributed by atoms with Gasteiger partial charge in [-0.05, 0) is 33.6 Å². The molecule has 0 aromatic carbocycles. The van der Waals surface area contributed by atoms with Gasteiger partial charge in [0.1, 0.15) is 0 Å². The smallest absolute Gasteiger partial charge is 0.317 e. The summed E-state index contributed by atoms with van der Waals surface area (Å²) in [6, 6.07) is -0.154. The number of carbonyl (C=O) groups is 2. The molecule has 1 atom stereocenters. The Morgan fingerprint density at radius 1 is 1.44 bits per heavy atom. The molecule has 1 rings (SSSR count). The largest absolute Gasteiger partial charge is 0.481 e. The van der Waals surface area contributed by atoms with Crippen LogP contribution in [0, 0.1) is 5.41 Å². The van der Waals surface area contributed by atoms with Gasteiger partial charge < -0.3 is 15.3 Å². The highest BCUT2D eigenvalue weighted by molar-refractivity contribution is 5.79. The van der Waals surface area contributed by atoms with E-state index in [2.05, 4.69) is 12.2 Å². The molecule has 104 valence electrons. The molecule has 1 saturated heterocycles. The van der Waals surface area contributed by atoms with Crippen LogP contribution in [0.5, 0.6) is 0 Å². The molecular formula is C13H24N2O3. The predicted molar refractivity (Wildman–Crippen MR) is 69.5 cm³/mol. The van der Waals surface area contributed by atoms with Gasteiger partial charge in [0.05, 0.1) is 5.41 Å². The third-order valence-corrected chi connectivity index (χ3v) is 3.60. The Morgan fingerprint density at radius 2 is 2.06 bits per heavy atom. The quantitative estimate of drug-likeness (QED) is 0.809. The zero-order valence-corrected chi connectivity index (χ0v) is 11.7. The lowest BCUT2D eigenvalue weighted by molar-refractivity contribution is -0.146. The summed E-state index contributed by atoms with van der Waals surface area (Å²) in [5.74, 6) is -0.828. The van der Waals surface area contributed by atoms with E-state index in [4.69, 9.17) is 5.11 Å². The van der Waals surface area contributed by atoms with E-state index >= 15 is 0 Å². The minimum absolute atomic E-state index is 0.154. The summed E-state index contributed by atoms with van der Waals surface area (Å²) in [5.41, 5.74) is -1.04. The van der Waals surface area contributed by atoms with Crippen LogP contribution in [-0.4, -0.2) is 40.6 Å². The van der Waals surface area contributed by atoms with Gasteiger partial charge in [0, 0.05) is 18.6 Å². The van der Waals surface area contributed by atoms with Crippen molar-refractivity contribution in [2.24, 2.45) is 5.41 Å². The van der Waals surface area contributed by atoms with Crippen molar-refractivity contribution in [3.05, 3.63) is 0 Å². The molecule has 0 radical (unpaired) electrons. The van der Waals surface area contributed by atoms with Gasteiger partial charge in [-0.2, -0.15) is 0 Å². The highest BCUT2D eigenvalue weighted by Gasteiger charge is 2.42. The second kappa shape index (κ2) is 5.16. The number of nitrogens with one attached hydrogen (secondary N) is 1. The van der Waals surface area contributed by atoms with E-state index in [1.54, 1.807) is 11.8 Å². The first kappa shape index (κ1) is 14.8. The number of carboxylic acids is 1. The monoisotopic (exact) mass is 256 g/mol. The van der Waals surface area contributed by atoms with E-state index in [0.717, 1.165) is 12.8 Å². The van der Waals surface area contributed by atoms with Gasteiger partial charge in [-0.3, -0.25) is 4.79 Å². The maximum Gasteiger partial charge on any atom is 0.317 e. The number of carbonyl (C=O) groups excluding carboxylic acids is 1. The summed E-state index contributed by atoms with van der Waals surface area (Å²) in [5, 5.41) is 12.1. The van der Waals surface area contributed by atoms with Gasteiger partial charge in [-0.15, -0.1) is 0 Å². The molecule has 5 heteroatoms. The molecule has 5 nitrogen and oxygen atoms in total. The third-order valence-electron chi connectivity index (χ3n) is 3.60. The summed E-state index contributed by atoms with van der Waals surface area (Å²) in [4.78, 5) is 24.8. The summed E-state index contributed by atoms with van der Waals surface area (Å²) in [6.07, 6.45) is 2.42. The number of nitrogens with zero attached hydrogens (tertiary/aromatic N) is 1. The second-order valence-electron chi connectivity index (χ2n) is 6.10. The van der Waals surface area contributed by atoms with E-state index < -0.39 is 11.4 Å². The summed E-state index contributed by atoms with van der Waals surface area (Å²) in [7, 11) is 0. The summed E-state index contributed by atoms with van der Waals surface area (Å²) >= 11 is 0. The van der Waals surface area contributed by atoms with Crippen LogP contribution >= 0.6 is 0 Å². The van der Waals surface area contributed by atoms with Gasteiger partial charge in [0.25, 0.3) is 0 Å². The Hall–Kier alpha value is -1.26. The lowest BCUT2D eigenvalue weighted by Gasteiger charge is -2.29. The molecule has 1 aliphatic rings. The SMILES string of the molecule is CCCC(C)(C)NC(=O)N1CCC(C)(C(=O)O)C1. The molecule has 0 aromatic heterocycles. The number of carboxylic acid groups (broad SMARTS) is 1. The molecule has 0 aliphatic carbocycles. The number of rotatable bonds is 4. The van der Waals surface area contributed by atoms with E-state index in [-0.39, 0.29) is 18.1 Å². The maximum atomic E-state index is 12.1. The van der Waals surface area contributed by atoms with Crippen molar-refractivity contribution in [2.75, 3.05) is 13.1 Å². The molecule has 0 spiro atoms. The molecule has 1 aliphatic heterocycles. The fraction of sp³-hybridized carbons (Fsp3) is 0.846. The van der Waals surface area contributed by atoms with E-state index in [9.17, 15) is 9.59 Å².